The molecular formula is C15H17BrN2O. The molecule has 0 aliphatic carbocycles. The molecule has 1 aromatic heterocycles. The van der Waals surface area contributed by atoms with E-state index in [2.05, 4.69) is 66.0 Å². The predicted octanol–water partition coefficient (Wildman–Crippen LogP) is 3.35. The molecule has 0 radical (unpaired) electrons. The van der Waals surface area contributed by atoms with Crippen LogP contribution in [0, 0.1) is 0 Å². The topological polar surface area (TPSA) is 34.9 Å². The first-order valence-electron chi connectivity index (χ1n) is 6.17. The van der Waals surface area contributed by atoms with Crippen molar-refractivity contribution in [2.75, 3.05) is 0 Å². The highest BCUT2D eigenvalue weighted by atomic mass is 79.9. The summed E-state index contributed by atoms with van der Waals surface area (Å²) < 4.78 is 2.08. The molecule has 100 valence electrons. The first kappa shape index (κ1) is 14.0. The van der Waals surface area contributed by atoms with Crippen molar-refractivity contribution in [1.29, 1.82) is 0 Å². The molecule has 3 nitrogen and oxygen atoms in total. The van der Waals surface area contributed by atoms with E-state index < -0.39 is 0 Å². The molecule has 1 aromatic carbocycles. The molecule has 0 spiro atoms. The van der Waals surface area contributed by atoms with Gasteiger partial charge in [0.1, 0.15) is 4.47 Å². The van der Waals surface area contributed by atoms with E-state index in [1.165, 1.54) is 11.8 Å². The highest BCUT2D eigenvalue weighted by molar-refractivity contribution is 9.10. The van der Waals surface area contributed by atoms with Gasteiger partial charge < -0.3 is 0 Å². The first-order valence-corrected chi connectivity index (χ1v) is 6.96. The first-order chi connectivity index (χ1) is 8.88. The third-order valence-corrected chi connectivity index (χ3v) is 3.58. The zero-order valence-corrected chi connectivity index (χ0v) is 12.9. The summed E-state index contributed by atoms with van der Waals surface area (Å²) in [7, 11) is 0. The minimum absolute atomic E-state index is 0.0603. The Hall–Kier alpha value is -1.42. The molecule has 0 N–H and O–H groups in total. The summed E-state index contributed by atoms with van der Waals surface area (Å²) in [6, 6.07) is 8.36. The van der Waals surface area contributed by atoms with Crippen LogP contribution in [-0.2, 0) is 12.0 Å². The van der Waals surface area contributed by atoms with E-state index in [1.54, 1.807) is 10.9 Å². The standard InChI is InChI=1S/C15H17BrN2O/c1-15(2,3)12-6-4-11(5-7-12)9-18-10-17-8-13(16)14(18)19/h4-8,10H,9H2,1-3H3. The van der Waals surface area contributed by atoms with E-state index >= 15 is 0 Å². The molecule has 0 saturated heterocycles. The molecule has 0 bridgehead atoms. The number of hydrogen-bond donors (Lipinski definition) is 0. The normalized spacial score (nSPS) is 11.6. The van der Waals surface area contributed by atoms with Gasteiger partial charge in [-0.15, -0.1) is 0 Å². The van der Waals surface area contributed by atoms with E-state index in [0.717, 1.165) is 5.56 Å². The Labute approximate surface area is 121 Å². The van der Waals surface area contributed by atoms with Crippen LogP contribution in [0.3, 0.4) is 0 Å². The molecule has 0 aliphatic rings. The van der Waals surface area contributed by atoms with Gasteiger partial charge in [-0.3, -0.25) is 9.36 Å². The third kappa shape index (κ3) is 3.32. The number of halogens is 1. The Morgan fingerprint density at radius 3 is 2.42 bits per heavy atom. The number of benzene rings is 1. The Morgan fingerprint density at radius 2 is 1.84 bits per heavy atom. The Kier molecular flexibility index (Phi) is 3.90. The Balaban J connectivity index is 2.25. The van der Waals surface area contributed by atoms with Gasteiger partial charge in [-0.2, -0.15) is 0 Å². The van der Waals surface area contributed by atoms with Gasteiger partial charge in [-0.05, 0) is 32.5 Å². The highest BCUT2D eigenvalue weighted by Gasteiger charge is 2.12. The molecule has 2 aromatic rings. The average molecular weight is 321 g/mol. The molecule has 4 heteroatoms. The molecule has 0 unspecified atom stereocenters. The molecular weight excluding hydrogens is 304 g/mol. The smallest absolute Gasteiger partial charge is 0.267 e. The van der Waals surface area contributed by atoms with E-state index in [-0.39, 0.29) is 11.0 Å². The molecule has 2 rings (SSSR count). The van der Waals surface area contributed by atoms with Crippen molar-refractivity contribution < 1.29 is 0 Å². The summed E-state index contributed by atoms with van der Waals surface area (Å²) in [6.07, 6.45) is 3.08. The second-order valence-corrected chi connectivity index (χ2v) is 6.48. The van der Waals surface area contributed by atoms with Gasteiger partial charge >= 0.3 is 0 Å². The minimum atomic E-state index is -0.0603. The van der Waals surface area contributed by atoms with Crippen molar-refractivity contribution in [3.8, 4) is 0 Å². The number of nitrogens with zero attached hydrogens (tertiary/aromatic N) is 2. The lowest BCUT2D eigenvalue weighted by Gasteiger charge is -2.19. The molecule has 1 heterocycles. The van der Waals surface area contributed by atoms with Crippen LogP contribution in [0.4, 0.5) is 0 Å². The lowest BCUT2D eigenvalue weighted by atomic mass is 9.87. The van der Waals surface area contributed by atoms with Gasteiger partial charge in [0.2, 0.25) is 0 Å². The molecule has 0 atom stereocenters. The van der Waals surface area contributed by atoms with E-state index in [4.69, 9.17) is 0 Å². The lowest BCUT2D eigenvalue weighted by molar-refractivity contribution is 0.589. The van der Waals surface area contributed by atoms with Crippen LogP contribution in [-0.4, -0.2) is 9.55 Å². The van der Waals surface area contributed by atoms with Gasteiger partial charge in [0.25, 0.3) is 5.56 Å². The Morgan fingerprint density at radius 1 is 1.21 bits per heavy atom. The third-order valence-electron chi connectivity index (χ3n) is 3.03. The lowest BCUT2D eigenvalue weighted by Crippen LogP contribution is -2.21. The summed E-state index contributed by atoms with van der Waals surface area (Å²) in [6.45, 7) is 7.09. The minimum Gasteiger partial charge on any atom is -0.294 e. The SMILES string of the molecule is CC(C)(C)c1ccc(Cn2cncc(Br)c2=O)cc1. The second kappa shape index (κ2) is 5.29. The number of aromatic nitrogens is 2. The second-order valence-electron chi connectivity index (χ2n) is 5.62. The van der Waals surface area contributed by atoms with Crippen molar-refractivity contribution in [2.45, 2.75) is 32.7 Å². The summed E-state index contributed by atoms with van der Waals surface area (Å²) in [5, 5.41) is 0. The van der Waals surface area contributed by atoms with Crippen LogP contribution in [0.15, 0.2) is 46.1 Å². The molecule has 19 heavy (non-hydrogen) atoms. The van der Waals surface area contributed by atoms with Gasteiger partial charge in [0, 0.05) is 6.20 Å². The van der Waals surface area contributed by atoms with Crippen molar-refractivity contribution in [3.05, 3.63) is 62.7 Å². The van der Waals surface area contributed by atoms with E-state index in [9.17, 15) is 4.79 Å². The molecule has 0 amide bonds. The van der Waals surface area contributed by atoms with Crippen LogP contribution >= 0.6 is 15.9 Å². The molecule has 0 aliphatic heterocycles. The average Bonchev–Trinajstić information content (AvgIpc) is 2.35. The summed E-state index contributed by atoms with van der Waals surface area (Å²) in [4.78, 5) is 15.9. The van der Waals surface area contributed by atoms with Crippen LogP contribution < -0.4 is 5.56 Å². The van der Waals surface area contributed by atoms with Gasteiger partial charge in [-0.1, -0.05) is 45.0 Å². The van der Waals surface area contributed by atoms with Crippen molar-refractivity contribution >= 4 is 15.9 Å². The summed E-state index contributed by atoms with van der Waals surface area (Å²) in [5.41, 5.74) is 2.47. The van der Waals surface area contributed by atoms with Crippen LogP contribution in [0.5, 0.6) is 0 Å². The van der Waals surface area contributed by atoms with Crippen molar-refractivity contribution in [1.82, 2.24) is 9.55 Å². The predicted molar refractivity (Wildman–Crippen MR) is 80.4 cm³/mol. The summed E-state index contributed by atoms with van der Waals surface area (Å²) >= 11 is 3.20. The van der Waals surface area contributed by atoms with Crippen molar-refractivity contribution in [3.63, 3.8) is 0 Å². The maximum atomic E-state index is 11.9. The largest absolute Gasteiger partial charge is 0.294 e. The van der Waals surface area contributed by atoms with E-state index in [0.29, 0.717) is 11.0 Å². The zero-order chi connectivity index (χ0) is 14.0. The maximum absolute atomic E-state index is 11.9. The number of hydrogen-bond acceptors (Lipinski definition) is 2. The van der Waals surface area contributed by atoms with Crippen LogP contribution in [0.1, 0.15) is 31.9 Å². The highest BCUT2D eigenvalue weighted by Crippen LogP contribution is 2.22. The van der Waals surface area contributed by atoms with Crippen LogP contribution in [0.2, 0.25) is 0 Å². The van der Waals surface area contributed by atoms with Crippen molar-refractivity contribution in [2.24, 2.45) is 0 Å². The monoisotopic (exact) mass is 320 g/mol. The van der Waals surface area contributed by atoms with E-state index in [1.807, 2.05) is 0 Å². The zero-order valence-electron chi connectivity index (χ0n) is 11.4. The summed E-state index contributed by atoms with van der Waals surface area (Å²) in [5.74, 6) is 0. The fourth-order valence-electron chi connectivity index (χ4n) is 1.84. The quantitative estimate of drug-likeness (QED) is 0.850. The van der Waals surface area contributed by atoms with Crippen LogP contribution in [0.25, 0.3) is 0 Å². The Bertz CT molecular complexity index is 624. The number of rotatable bonds is 2. The van der Waals surface area contributed by atoms with Gasteiger partial charge in [-0.25, -0.2) is 4.98 Å². The molecule has 0 fully saturated rings. The fraction of sp³-hybridized carbons (Fsp3) is 0.333. The molecule has 0 saturated carbocycles. The van der Waals surface area contributed by atoms with Gasteiger partial charge in [0.15, 0.2) is 0 Å². The fourth-order valence-corrected chi connectivity index (χ4v) is 2.19. The maximum Gasteiger partial charge on any atom is 0.267 e. The van der Waals surface area contributed by atoms with Gasteiger partial charge in [0.05, 0.1) is 12.9 Å².